The minimum atomic E-state index is 0.232. The van der Waals surface area contributed by atoms with Crippen molar-refractivity contribution in [1.29, 1.82) is 0 Å². The minimum absolute atomic E-state index is 0.232. The standard InChI is InChI=1S/C10H15NO/c1-6(2)8-4-7(3)5-9(11)10(8)12/h4-6,12H,11H2,1-3H3. The van der Waals surface area contributed by atoms with E-state index in [-0.39, 0.29) is 5.75 Å². The molecule has 0 aromatic heterocycles. The number of benzene rings is 1. The summed E-state index contributed by atoms with van der Waals surface area (Å²) in [5, 5.41) is 9.57. The maximum absolute atomic E-state index is 9.57. The molecular formula is C10H15NO. The Morgan fingerprint density at radius 1 is 1.33 bits per heavy atom. The third-order valence-electron chi connectivity index (χ3n) is 1.94. The van der Waals surface area contributed by atoms with E-state index in [2.05, 4.69) is 0 Å². The lowest BCUT2D eigenvalue weighted by atomic mass is 9.99. The number of nitrogens with two attached hydrogens (primary N) is 1. The third-order valence-corrected chi connectivity index (χ3v) is 1.94. The number of aromatic hydroxyl groups is 1. The number of nitrogen functional groups attached to an aromatic ring is 1. The highest BCUT2D eigenvalue weighted by molar-refractivity contribution is 5.58. The Morgan fingerprint density at radius 2 is 1.92 bits per heavy atom. The van der Waals surface area contributed by atoms with Gasteiger partial charge < -0.3 is 10.8 Å². The van der Waals surface area contributed by atoms with Crippen molar-refractivity contribution in [3.8, 4) is 5.75 Å². The molecule has 2 heteroatoms. The van der Waals surface area contributed by atoms with E-state index in [4.69, 9.17) is 5.73 Å². The SMILES string of the molecule is Cc1cc(N)c(O)c(C(C)C)c1. The summed E-state index contributed by atoms with van der Waals surface area (Å²) in [5.74, 6) is 0.544. The molecule has 66 valence electrons. The van der Waals surface area contributed by atoms with Crippen LogP contribution in [0.1, 0.15) is 30.9 Å². The van der Waals surface area contributed by atoms with E-state index in [1.54, 1.807) is 6.07 Å². The molecule has 0 atom stereocenters. The van der Waals surface area contributed by atoms with Crippen molar-refractivity contribution < 1.29 is 5.11 Å². The second-order valence-electron chi connectivity index (χ2n) is 3.45. The number of anilines is 1. The summed E-state index contributed by atoms with van der Waals surface area (Å²) in [6.07, 6.45) is 0. The number of hydrogen-bond donors (Lipinski definition) is 2. The first kappa shape index (κ1) is 8.91. The van der Waals surface area contributed by atoms with Gasteiger partial charge in [-0.1, -0.05) is 19.9 Å². The highest BCUT2D eigenvalue weighted by atomic mass is 16.3. The smallest absolute Gasteiger partial charge is 0.141 e. The van der Waals surface area contributed by atoms with Crippen molar-refractivity contribution in [2.45, 2.75) is 26.7 Å². The van der Waals surface area contributed by atoms with Gasteiger partial charge in [0.1, 0.15) is 5.75 Å². The van der Waals surface area contributed by atoms with Gasteiger partial charge in [-0.25, -0.2) is 0 Å². The summed E-state index contributed by atoms with van der Waals surface area (Å²) in [6, 6.07) is 3.75. The predicted octanol–water partition coefficient (Wildman–Crippen LogP) is 2.41. The highest BCUT2D eigenvalue weighted by Crippen LogP contribution is 2.31. The molecule has 12 heavy (non-hydrogen) atoms. The Hall–Kier alpha value is -1.18. The molecule has 0 saturated heterocycles. The lowest BCUT2D eigenvalue weighted by molar-refractivity contribution is 0.467. The lowest BCUT2D eigenvalue weighted by Gasteiger charge is -2.11. The van der Waals surface area contributed by atoms with Crippen LogP contribution < -0.4 is 5.73 Å². The van der Waals surface area contributed by atoms with Crippen molar-refractivity contribution in [2.24, 2.45) is 0 Å². The van der Waals surface area contributed by atoms with Crippen LogP contribution in [-0.2, 0) is 0 Å². The van der Waals surface area contributed by atoms with Gasteiger partial charge in [-0.2, -0.15) is 0 Å². The van der Waals surface area contributed by atoms with Gasteiger partial charge in [0.05, 0.1) is 5.69 Å². The molecule has 0 aliphatic rings. The molecule has 0 bridgehead atoms. The summed E-state index contributed by atoms with van der Waals surface area (Å²) in [7, 11) is 0. The van der Waals surface area contributed by atoms with Gasteiger partial charge >= 0.3 is 0 Å². The molecule has 1 aromatic carbocycles. The fourth-order valence-electron chi connectivity index (χ4n) is 1.28. The number of aryl methyl sites for hydroxylation is 1. The van der Waals surface area contributed by atoms with Gasteiger partial charge in [-0.05, 0) is 30.0 Å². The molecule has 0 spiro atoms. The van der Waals surface area contributed by atoms with Crippen LogP contribution in [0.3, 0.4) is 0 Å². The molecular weight excluding hydrogens is 150 g/mol. The molecule has 0 heterocycles. The maximum Gasteiger partial charge on any atom is 0.141 e. The van der Waals surface area contributed by atoms with Crippen molar-refractivity contribution in [3.05, 3.63) is 23.3 Å². The van der Waals surface area contributed by atoms with Gasteiger partial charge in [0, 0.05) is 0 Å². The highest BCUT2D eigenvalue weighted by Gasteiger charge is 2.08. The first-order valence-electron chi connectivity index (χ1n) is 4.11. The molecule has 2 nitrogen and oxygen atoms in total. The van der Waals surface area contributed by atoms with Crippen LogP contribution in [0.15, 0.2) is 12.1 Å². The van der Waals surface area contributed by atoms with Gasteiger partial charge in [0.15, 0.2) is 0 Å². The van der Waals surface area contributed by atoms with Crippen LogP contribution >= 0.6 is 0 Å². The molecule has 3 N–H and O–H groups in total. The van der Waals surface area contributed by atoms with E-state index < -0.39 is 0 Å². The van der Waals surface area contributed by atoms with Gasteiger partial charge in [0.2, 0.25) is 0 Å². The minimum Gasteiger partial charge on any atom is -0.505 e. The Labute approximate surface area is 73.0 Å². The molecule has 0 amide bonds. The second-order valence-corrected chi connectivity index (χ2v) is 3.45. The van der Waals surface area contributed by atoms with Crippen molar-refractivity contribution in [1.82, 2.24) is 0 Å². The van der Waals surface area contributed by atoms with E-state index in [9.17, 15) is 5.11 Å². The van der Waals surface area contributed by atoms with Gasteiger partial charge in [0.25, 0.3) is 0 Å². The molecule has 1 rings (SSSR count). The topological polar surface area (TPSA) is 46.2 Å². The van der Waals surface area contributed by atoms with Crippen LogP contribution in [0, 0.1) is 6.92 Å². The zero-order valence-electron chi connectivity index (χ0n) is 7.76. The van der Waals surface area contributed by atoms with Crippen LogP contribution in [0.5, 0.6) is 5.75 Å². The molecule has 0 saturated carbocycles. The van der Waals surface area contributed by atoms with Gasteiger partial charge in [-0.15, -0.1) is 0 Å². The Balaban J connectivity index is 3.28. The number of rotatable bonds is 1. The van der Waals surface area contributed by atoms with Crippen LogP contribution in [-0.4, -0.2) is 5.11 Å². The van der Waals surface area contributed by atoms with E-state index in [1.807, 2.05) is 26.8 Å². The van der Waals surface area contributed by atoms with Crippen LogP contribution in [0.4, 0.5) is 5.69 Å². The Morgan fingerprint density at radius 3 is 2.42 bits per heavy atom. The molecule has 1 aromatic rings. The monoisotopic (exact) mass is 165 g/mol. The van der Waals surface area contributed by atoms with E-state index in [0.717, 1.165) is 11.1 Å². The normalized spacial score (nSPS) is 10.7. The van der Waals surface area contributed by atoms with E-state index in [1.165, 1.54) is 0 Å². The van der Waals surface area contributed by atoms with Crippen LogP contribution in [0.25, 0.3) is 0 Å². The lowest BCUT2D eigenvalue weighted by Crippen LogP contribution is -1.94. The molecule has 0 fully saturated rings. The van der Waals surface area contributed by atoms with Crippen LogP contribution in [0.2, 0.25) is 0 Å². The fraction of sp³-hybridized carbons (Fsp3) is 0.400. The number of phenolic OH excluding ortho intramolecular Hbond substituents is 1. The second kappa shape index (κ2) is 3.05. The van der Waals surface area contributed by atoms with E-state index in [0.29, 0.717) is 11.6 Å². The third kappa shape index (κ3) is 1.52. The molecule has 0 radical (unpaired) electrons. The Kier molecular flexibility index (Phi) is 2.27. The summed E-state index contributed by atoms with van der Waals surface area (Å²) in [5.41, 5.74) is 8.10. The average molecular weight is 165 g/mol. The quantitative estimate of drug-likeness (QED) is 0.496. The van der Waals surface area contributed by atoms with E-state index >= 15 is 0 Å². The zero-order chi connectivity index (χ0) is 9.30. The number of phenols is 1. The maximum atomic E-state index is 9.57. The fourth-order valence-corrected chi connectivity index (χ4v) is 1.28. The Bertz CT molecular complexity index is 292. The first-order chi connectivity index (χ1) is 5.52. The summed E-state index contributed by atoms with van der Waals surface area (Å²) in [4.78, 5) is 0. The summed E-state index contributed by atoms with van der Waals surface area (Å²) in [6.45, 7) is 6.05. The molecule has 0 aliphatic heterocycles. The first-order valence-corrected chi connectivity index (χ1v) is 4.11. The molecule has 0 aliphatic carbocycles. The van der Waals surface area contributed by atoms with Crippen molar-refractivity contribution >= 4 is 5.69 Å². The summed E-state index contributed by atoms with van der Waals surface area (Å²) < 4.78 is 0. The zero-order valence-corrected chi connectivity index (χ0v) is 7.76. The number of hydrogen-bond acceptors (Lipinski definition) is 2. The van der Waals surface area contributed by atoms with Crippen molar-refractivity contribution in [3.63, 3.8) is 0 Å². The average Bonchev–Trinajstić information content (AvgIpc) is 1.96. The molecule has 0 unspecified atom stereocenters. The van der Waals surface area contributed by atoms with Gasteiger partial charge in [-0.3, -0.25) is 0 Å². The van der Waals surface area contributed by atoms with Crippen molar-refractivity contribution in [2.75, 3.05) is 5.73 Å². The summed E-state index contributed by atoms with van der Waals surface area (Å²) >= 11 is 0. The predicted molar refractivity (Wildman–Crippen MR) is 51.3 cm³/mol. The largest absolute Gasteiger partial charge is 0.505 e.